The predicted octanol–water partition coefficient (Wildman–Crippen LogP) is 3.02. The van der Waals surface area contributed by atoms with Crippen LogP contribution in [0.1, 0.15) is 18.1 Å². The standard InChI is InChI=1S/C19H20N2O4/c1-12-5-4-6-16(13(12)2)21(14(3)22)10-19(23)20-15-7-8-17-18(9-15)25-11-24-17/h4-9H,10-11H2,1-3H3,(H,20,23). The van der Waals surface area contributed by atoms with E-state index in [1.165, 1.54) is 11.8 Å². The van der Waals surface area contributed by atoms with Gasteiger partial charge in [0, 0.05) is 24.4 Å². The molecule has 1 heterocycles. The van der Waals surface area contributed by atoms with Crippen molar-refractivity contribution in [2.45, 2.75) is 20.8 Å². The minimum Gasteiger partial charge on any atom is -0.454 e. The van der Waals surface area contributed by atoms with Gasteiger partial charge < -0.3 is 19.7 Å². The Morgan fingerprint density at radius 1 is 1.12 bits per heavy atom. The average molecular weight is 340 g/mol. The topological polar surface area (TPSA) is 67.9 Å². The summed E-state index contributed by atoms with van der Waals surface area (Å²) >= 11 is 0. The minimum absolute atomic E-state index is 0.0614. The summed E-state index contributed by atoms with van der Waals surface area (Å²) in [5.74, 6) is 0.777. The Hall–Kier alpha value is -3.02. The third-order valence-electron chi connectivity index (χ3n) is 4.20. The number of aryl methyl sites for hydroxylation is 1. The van der Waals surface area contributed by atoms with Crippen LogP contribution in [-0.2, 0) is 9.59 Å². The zero-order valence-corrected chi connectivity index (χ0v) is 14.5. The smallest absolute Gasteiger partial charge is 0.244 e. The first-order valence-corrected chi connectivity index (χ1v) is 7.99. The third-order valence-corrected chi connectivity index (χ3v) is 4.20. The van der Waals surface area contributed by atoms with Gasteiger partial charge in [-0.3, -0.25) is 9.59 Å². The normalized spacial score (nSPS) is 12.0. The maximum atomic E-state index is 12.4. The molecule has 0 aromatic heterocycles. The number of anilines is 2. The second-order valence-corrected chi connectivity index (χ2v) is 5.94. The molecule has 0 saturated heterocycles. The van der Waals surface area contributed by atoms with Gasteiger partial charge in [0.15, 0.2) is 11.5 Å². The molecule has 1 aliphatic rings. The summed E-state index contributed by atoms with van der Waals surface area (Å²) in [6, 6.07) is 10.9. The summed E-state index contributed by atoms with van der Waals surface area (Å²) in [7, 11) is 0. The molecule has 0 atom stereocenters. The molecule has 2 amide bonds. The van der Waals surface area contributed by atoms with Crippen molar-refractivity contribution in [2.24, 2.45) is 0 Å². The number of amides is 2. The highest BCUT2D eigenvalue weighted by atomic mass is 16.7. The largest absolute Gasteiger partial charge is 0.454 e. The van der Waals surface area contributed by atoms with Gasteiger partial charge in [0.2, 0.25) is 18.6 Å². The number of carbonyl (C=O) groups is 2. The van der Waals surface area contributed by atoms with E-state index in [0.29, 0.717) is 17.2 Å². The molecule has 1 aliphatic heterocycles. The molecule has 0 saturated carbocycles. The maximum absolute atomic E-state index is 12.4. The highest BCUT2D eigenvalue weighted by Gasteiger charge is 2.19. The van der Waals surface area contributed by atoms with Gasteiger partial charge in [-0.1, -0.05) is 12.1 Å². The fourth-order valence-electron chi connectivity index (χ4n) is 2.71. The molecular formula is C19H20N2O4. The number of nitrogens with one attached hydrogen (secondary N) is 1. The van der Waals surface area contributed by atoms with Crippen molar-refractivity contribution in [1.29, 1.82) is 0 Å². The molecule has 0 bridgehead atoms. The molecule has 0 fully saturated rings. The second-order valence-electron chi connectivity index (χ2n) is 5.94. The second kappa shape index (κ2) is 6.84. The lowest BCUT2D eigenvalue weighted by atomic mass is 10.1. The molecule has 2 aromatic rings. The van der Waals surface area contributed by atoms with Crippen molar-refractivity contribution < 1.29 is 19.1 Å². The van der Waals surface area contributed by atoms with Gasteiger partial charge in [0.25, 0.3) is 0 Å². The average Bonchev–Trinajstić information content (AvgIpc) is 3.03. The summed E-state index contributed by atoms with van der Waals surface area (Å²) in [6.45, 7) is 5.49. The maximum Gasteiger partial charge on any atom is 0.244 e. The first kappa shape index (κ1) is 16.8. The predicted molar refractivity (Wildman–Crippen MR) is 95.1 cm³/mol. The van der Waals surface area contributed by atoms with Crippen molar-refractivity contribution in [3.8, 4) is 11.5 Å². The quantitative estimate of drug-likeness (QED) is 0.929. The molecule has 3 rings (SSSR count). The Balaban J connectivity index is 1.75. The molecule has 6 heteroatoms. The first-order chi connectivity index (χ1) is 12.0. The Kier molecular flexibility index (Phi) is 4.61. The van der Waals surface area contributed by atoms with Gasteiger partial charge >= 0.3 is 0 Å². The lowest BCUT2D eigenvalue weighted by molar-refractivity contribution is -0.120. The van der Waals surface area contributed by atoms with E-state index in [2.05, 4.69) is 5.32 Å². The number of benzene rings is 2. The number of hydrogen-bond acceptors (Lipinski definition) is 4. The lowest BCUT2D eigenvalue weighted by Crippen LogP contribution is -2.37. The molecule has 1 N–H and O–H groups in total. The van der Waals surface area contributed by atoms with Crippen LogP contribution >= 0.6 is 0 Å². The molecule has 0 unspecified atom stereocenters. The number of rotatable bonds is 4. The van der Waals surface area contributed by atoms with Crippen LogP contribution in [0.3, 0.4) is 0 Å². The SMILES string of the molecule is CC(=O)N(CC(=O)Nc1ccc2c(c1)OCO2)c1cccc(C)c1C. The zero-order chi connectivity index (χ0) is 18.0. The first-order valence-electron chi connectivity index (χ1n) is 7.99. The Labute approximate surface area is 146 Å². The van der Waals surface area contributed by atoms with E-state index >= 15 is 0 Å². The molecule has 0 spiro atoms. The number of ether oxygens (including phenoxy) is 2. The molecule has 6 nitrogen and oxygen atoms in total. The summed E-state index contributed by atoms with van der Waals surface area (Å²) in [5.41, 5.74) is 3.39. The summed E-state index contributed by atoms with van der Waals surface area (Å²) < 4.78 is 10.5. The van der Waals surface area contributed by atoms with E-state index in [9.17, 15) is 9.59 Å². The van der Waals surface area contributed by atoms with Crippen molar-refractivity contribution in [3.05, 3.63) is 47.5 Å². The molecule has 0 radical (unpaired) electrons. The van der Waals surface area contributed by atoms with E-state index in [-0.39, 0.29) is 25.2 Å². The van der Waals surface area contributed by atoms with Crippen LogP contribution in [0.4, 0.5) is 11.4 Å². The van der Waals surface area contributed by atoms with Gasteiger partial charge in [-0.2, -0.15) is 0 Å². The summed E-state index contributed by atoms with van der Waals surface area (Å²) in [4.78, 5) is 26.0. The summed E-state index contributed by atoms with van der Waals surface area (Å²) in [5, 5.41) is 2.79. The van der Waals surface area contributed by atoms with Gasteiger partial charge in [0.1, 0.15) is 6.54 Å². The van der Waals surface area contributed by atoms with Crippen molar-refractivity contribution in [3.63, 3.8) is 0 Å². The van der Waals surface area contributed by atoms with Gasteiger partial charge in [-0.05, 0) is 43.2 Å². The van der Waals surface area contributed by atoms with Crippen LogP contribution in [0.5, 0.6) is 11.5 Å². The van der Waals surface area contributed by atoms with Crippen LogP contribution in [0.15, 0.2) is 36.4 Å². The van der Waals surface area contributed by atoms with E-state index in [1.54, 1.807) is 18.2 Å². The molecule has 0 aliphatic carbocycles. The van der Waals surface area contributed by atoms with Crippen LogP contribution in [0.2, 0.25) is 0 Å². The Bertz CT molecular complexity index is 832. The fraction of sp³-hybridized carbons (Fsp3) is 0.263. The van der Waals surface area contributed by atoms with E-state index < -0.39 is 0 Å². The van der Waals surface area contributed by atoms with E-state index in [0.717, 1.165) is 16.8 Å². The zero-order valence-electron chi connectivity index (χ0n) is 14.5. The van der Waals surface area contributed by atoms with E-state index in [1.807, 2.05) is 32.0 Å². The molecule has 25 heavy (non-hydrogen) atoms. The Morgan fingerprint density at radius 2 is 1.88 bits per heavy atom. The Morgan fingerprint density at radius 3 is 2.64 bits per heavy atom. The summed E-state index contributed by atoms with van der Waals surface area (Å²) in [6.07, 6.45) is 0. The number of carbonyl (C=O) groups excluding carboxylic acids is 2. The minimum atomic E-state index is -0.282. The van der Waals surface area contributed by atoms with Crippen LogP contribution < -0.4 is 19.7 Å². The van der Waals surface area contributed by atoms with Crippen molar-refractivity contribution in [1.82, 2.24) is 0 Å². The number of nitrogens with zero attached hydrogens (tertiary/aromatic N) is 1. The molecule has 2 aromatic carbocycles. The van der Waals surface area contributed by atoms with Gasteiger partial charge in [0.05, 0.1) is 0 Å². The highest BCUT2D eigenvalue weighted by molar-refractivity contribution is 6.02. The number of hydrogen-bond donors (Lipinski definition) is 1. The van der Waals surface area contributed by atoms with E-state index in [4.69, 9.17) is 9.47 Å². The molecular weight excluding hydrogens is 320 g/mol. The third kappa shape index (κ3) is 3.57. The van der Waals surface area contributed by atoms with Crippen molar-refractivity contribution >= 4 is 23.2 Å². The van der Waals surface area contributed by atoms with Crippen molar-refractivity contribution in [2.75, 3.05) is 23.6 Å². The number of fused-ring (bicyclic) bond motifs is 1. The lowest BCUT2D eigenvalue weighted by Gasteiger charge is -2.23. The fourth-order valence-corrected chi connectivity index (χ4v) is 2.71. The van der Waals surface area contributed by atoms with Crippen LogP contribution in [0.25, 0.3) is 0 Å². The monoisotopic (exact) mass is 340 g/mol. The van der Waals surface area contributed by atoms with Gasteiger partial charge in [-0.25, -0.2) is 0 Å². The van der Waals surface area contributed by atoms with Crippen LogP contribution in [-0.4, -0.2) is 25.2 Å². The highest BCUT2D eigenvalue weighted by Crippen LogP contribution is 2.34. The van der Waals surface area contributed by atoms with Gasteiger partial charge in [-0.15, -0.1) is 0 Å². The molecule has 130 valence electrons. The van der Waals surface area contributed by atoms with Crippen LogP contribution in [0, 0.1) is 13.8 Å².